The average molecular weight is 489 g/mol. The summed E-state index contributed by atoms with van der Waals surface area (Å²) in [4.78, 5) is 45.0. The molecule has 13 nitrogen and oxygen atoms in total. The van der Waals surface area contributed by atoms with Gasteiger partial charge in [-0.3, -0.25) is 29.9 Å². The summed E-state index contributed by atoms with van der Waals surface area (Å²) in [7, 11) is 0. The van der Waals surface area contributed by atoms with E-state index in [1.807, 2.05) is 0 Å². The van der Waals surface area contributed by atoms with Crippen molar-refractivity contribution in [1.82, 2.24) is 5.23 Å². The van der Waals surface area contributed by atoms with Crippen LogP contribution < -0.4 is 9.47 Å². The Kier molecular flexibility index (Phi) is 7.10. The quantitative estimate of drug-likeness (QED) is 0.275. The van der Waals surface area contributed by atoms with E-state index in [-0.39, 0.29) is 44.0 Å². The molecule has 2 aliphatic rings. The van der Waals surface area contributed by atoms with Crippen molar-refractivity contribution in [3.63, 3.8) is 0 Å². The molecule has 0 aromatic heterocycles. The zero-order valence-corrected chi connectivity index (χ0v) is 18.7. The molecule has 0 amide bonds. The van der Waals surface area contributed by atoms with Crippen LogP contribution in [0, 0.1) is 20.2 Å². The predicted octanol–water partition coefficient (Wildman–Crippen LogP) is 2.97. The summed E-state index contributed by atoms with van der Waals surface area (Å²) in [6.45, 7) is 2.06. The Hall–Kier alpha value is -3.81. The van der Waals surface area contributed by atoms with Gasteiger partial charge in [-0.2, -0.15) is 0 Å². The summed E-state index contributed by atoms with van der Waals surface area (Å²) in [5.41, 5.74) is -1.28. The zero-order valence-electron chi connectivity index (χ0n) is 18.7. The summed E-state index contributed by atoms with van der Waals surface area (Å²) in [6.07, 6.45) is -0.558. The van der Waals surface area contributed by atoms with Crippen LogP contribution in [-0.4, -0.2) is 58.6 Å². The lowest BCUT2D eigenvalue weighted by atomic mass is 9.89. The second kappa shape index (κ2) is 10.2. The summed E-state index contributed by atoms with van der Waals surface area (Å²) in [6, 6.07) is 11.3. The van der Waals surface area contributed by atoms with Crippen molar-refractivity contribution in [2.75, 3.05) is 19.8 Å². The maximum absolute atomic E-state index is 12.9. The number of esters is 1. The zero-order chi connectivity index (χ0) is 25.0. The molecule has 0 bridgehead atoms. The number of nitro benzene ring substituents is 2. The number of ether oxygens (including phenoxy) is 3. The minimum atomic E-state index is -1.18. The molecule has 2 fully saturated rings. The highest BCUT2D eigenvalue weighted by Crippen LogP contribution is 2.43. The molecule has 2 heterocycles. The van der Waals surface area contributed by atoms with E-state index in [0.29, 0.717) is 11.5 Å². The summed E-state index contributed by atoms with van der Waals surface area (Å²) >= 11 is 0. The number of fused-ring (bicyclic) bond motifs is 1. The topological polar surface area (TPSA) is 153 Å². The maximum Gasteiger partial charge on any atom is 0.331 e. The number of hydrogen-bond donors (Lipinski definition) is 0. The highest BCUT2D eigenvalue weighted by atomic mass is 17.0. The molecule has 2 aliphatic heterocycles. The maximum atomic E-state index is 12.9. The number of carbonyl (C=O) groups excluding carboxylic acids is 1. The van der Waals surface area contributed by atoms with Crippen molar-refractivity contribution >= 4 is 17.3 Å². The molecule has 0 N–H and O–H groups in total. The largest absolute Gasteiger partial charge is 0.491 e. The number of hydrogen-bond acceptors (Lipinski definition) is 11. The number of hydroxylamine groups is 2. The molecule has 2 saturated heterocycles. The van der Waals surface area contributed by atoms with Crippen molar-refractivity contribution in [3.05, 3.63) is 68.8 Å². The van der Waals surface area contributed by atoms with Gasteiger partial charge in [0.1, 0.15) is 36.9 Å². The third-order valence-corrected chi connectivity index (χ3v) is 5.59. The van der Waals surface area contributed by atoms with Gasteiger partial charge in [0, 0.05) is 37.1 Å². The van der Waals surface area contributed by atoms with E-state index in [1.54, 1.807) is 6.92 Å². The van der Waals surface area contributed by atoms with E-state index in [0.717, 1.165) is 5.23 Å². The molecule has 0 spiro atoms. The lowest BCUT2D eigenvalue weighted by Gasteiger charge is -2.23. The van der Waals surface area contributed by atoms with Crippen LogP contribution in [0.25, 0.3) is 0 Å². The Balaban J connectivity index is 1.36. The molecule has 1 unspecified atom stereocenters. The molecule has 2 aromatic carbocycles. The minimum Gasteiger partial charge on any atom is -0.491 e. The number of non-ortho nitro benzene ring substituents is 2. The lowest BCUT2D eigenvalue weighted by molar-refractivity contribution is -0.385. The monoisotopic (exact) mass is 489 g/mol. The molecule has 0 saturated carbocycles. The Labute approximate surface area is 199 Å². The van der Waals surface area contributed by atoms with Crippen molar-refractivity contribution in [3.8, 4) is 11.5 Å². The van der Waals surface area contributed by atoms with Gasteiger partial charge in [0.2, 0.25) is 0 Å². The van der Waals surface area contributed by atoms with Gasteiger partial charge in [-0.1, -0.05) is 0 Å². The fourth-order valence-corrected chi connectivity index (χ4v) is 3.95. The first-order chi connectivity index (χ1) is 16.8. The predicted molar refractivity (Wildman–Crippen MR) is 117 cm³/mol. The molecular formula is C22H23N3O10. The van der Waals surface area contributed by atoms with Crippen LogP contribution >= 0.6 is 0 Å². The van der Waals surface area contributed by atoms with Crippen LogP contribution in [0.15, 0.2) is 48.5 Å². The van der Waals surface area contributed by atoms with Gasteiger partial charge in [0.25, 0.3) is 11.4 Å². The summed E-state index contributed by atoms with van der Waals surface area (Å²) in [5.74, 6) is 0.356. The number of benzene rings is 2. The Morgan fingerprint density at radius 1 is 0.914 bits per heavy atom. The van der Waals surface area contributed by atoms with Crippen LogP contribution in [0.4, 0.5) is 11.4 Å². The second-order valence-electron chi connectivity index (χ2n) is 8.00. The van der Waals surface area contributed by atoms with Crippen molar-refractivity contribution < 1.29 is 38.5 Å². The first-order valence-corrected chi connectivity index (χ1v) is 10.9. The van der Waals surface area contributed by atoms with E-state index in [1.165, 1.54) is 48.5 Å². The van der Waals surface area contributed by atoms with E-state index in [4.69, 9.17) is 23.9 Å². The highest BCUT2D eigenvalue weighted by molar-refractivity contribution is 5.81. The first-order valence-electron chi connectivity index (χ1n) is 10.9. The van der Waals surface area contributed by atoms with Gasteiger partial charge in [0.05, 0.1) is 16.5 Å². The third kappa shape index (κ3) is 5.31. The summed E-state index contributed by atoms with van der Waals surface area (Å²) in [5, 5.41) is 22.7. The molecular weight excluding hydrogens is 466 g/mol. The summed E-state index contributed by atoms with van der Waals surface area (Å²) < 4.78 is 16.6. The van der Waals surface area contributed by atoms with Gasteiger partial charge in [-0.05, 0) is 36.4 Å². The minimum absolute atomic E-state index is 0.0493. The van der Waals surface area contributed by atoms with Crippen LogP contribution in [-0.2, 0) is 19.2 Å². The molecule has 0 radical (unpaired) electrons. The Morgan fingerprint density at radius 3 is 1.71 bits per heavy atom. The van der Waals surface area contributed by atoms with E-state index >= 15 is 0 Å². The number of nitro groups is 2. The fraction of sp³-hybridized carbons (Fsp3) is 0.409. The Bertz CT molecular complexity index is 1000. The van der Waals surface area contributed by atoms with E-state index < -0.39 is 33.6 Å². The van der Waals surface area contributed by atoms with Crippen molar-refractivity contribution in [2.24, 2.45) is 0 Å². The standard InChI is InChI=1S/C22H23N3O10/c1-2-31-21(26)22-11-19(13-32-17-7-3-15(4-8-17)23(27)28)34-25(22)35-20(12-22)14-33-18-9-5-16(6-10-18)24(29)30/h3-10,19-20H,2,11-14H2,1H3/t19-,20+,22?. The molecule has 3 atom stereocenters. The van der Waals surface area contributed by atoms with Gasteiger partial charge >= 0.3 is 5.97 Å². The van der Waals surface area contributed by atoms with Crippen molar-refractivity contribution in [1.29, 1.82) is 0 Å². The van der Waals surface area contributed by atoms with Gasteiger partial charge < -0.3 is 14.2 Å². The van der Waals surface area contributed by atoms with Crippen LogP contribution in [0.1, 0.15) is 19.8 Å². The van der Waals surface area contributed by atoms with Crippen LogP contribution in [0.5, 0.6) is 11.5 Å². The molecule has 0 aliphatic carbocycles. The van der Waals surface area contributed by atoms with Crippen molar-refractivity contribution in [2.45, 2.75) is 37.5 Å². The highest BCUT2D eigenvalue weighted by Gasteiger charge is 2.61. The molecule has 35 heavy (non-hydrogen) atoms. The van der Waals surface area contributed by atoms with Gasteiger partial charge in [-0.25, -0.2) is 4.79 Å². The number of nitrogens with zero attached hydrogens (tertiary/aromatic N) is 3. The number of carbonyl (C=O) groups is 1. The van der Waals surface area contributed by atoms with E-state index in [9.17, 15) is 25.0 Å². The Morgan fingerprint density at radius 2 is 1.34 bits per heavy atom. The fourth-order valence-electron chi connectivity index (χ4n) is 3.95. The molecule has 4 rings (SSSR count). The average Bonchev–Trinajstić information content (AvgIpc) is 3.37. The van der Waals surface area contributed by atoms with Gasteiger partial charge in [0.15, 0.2) is 5.54 Å². The normalized spacial score (nSPS) is 23.5. The number of rotatable bonds is 10. The molecule has 13 heteroatoms. The van der Waals surface area contributed by atoms with E-state index in [2.05, 4.69) is 0 Å². The smallest absolute Gasteiger partial charge is 0.331 e. The first kappa shape index (κ1) is 24.3. The van der Waals surface area contributed by atoms with Gasteiger partial charge in [-0.15, -0.1) is 0 Å². The molecule has 2 aromatic rings. The third-order valence-electron chi connectivity index (χ3n) is 5.59. The van der Waals surface area contributed by atoms with Crippen LogP contribution in [0.2, 0.25) is 0 Å². The lowest BCUT2D eigenvalue weighted by Crippen LogP contribution is -2.46. The molecule has 186 valence electrons. The van der Waals surface area contributed by atoms with Crippen LogP contribution in [0.3, 0.4) is 0 Å². The SMILES string of the molecule is CCOC(=O)C12C[C@@H](COc3ccc([N+](=O)[O-])cc3)ON1O[C@@H](COc1ccc([N+](=O)[O-])cc1)C2. The second-order valence-corrected chi connectivity index (χ2v) is 8.00.